The van der Waals surface area contributed by atoms with E-state index in [1.165, 1.54) is 23.1 Å². The number of esters is 1. The summed E-state index contributed by atoms with van der Waals surface area (Å²) in [6.45, 7) is 7.38. The van der Waals surface area contributed by atoms with Gasteiger partial charge in [0.2, 0.25) is 5.78 Å². The number of Topliss-reactive ketones (excluding diaryl/α,β-unsaturated/α-hetero) is 1. The lowest BCUT2D eigenvalue weighted by atomic mass is 9.91. The number of allylic oxidation sites excluding steroid dienone is 1. The summed E-state index contributed by atoms with van der Waals surface area (Å²) in [6, 6.07) is 6.83. The van der Waals surface area contributed by atoms with Gasteiger partial charge in [0, 0.05) is 23.8 Å². The fourth-order valence-corrected chi connectivity index (χ4v) is 3.35. The van der Waals surface area contributed by atoms with Gasteiger partial charge in [0.25, 0.3) is 0 Å². The monoisotopic (exact) mass is 413 g/mol. The molecule has 0 saturated heterocycles. The number of aliphatic hydroxyl groups excluding tert-OH is 2. The Balaban J connectivity index is 2.52. The zero-order valence-corrected chi connectivity index (χ0v) is 17.5. The summed E-state index contributed by atoms with van der Waals surface area (Å²) in [7, 11) is 0. The lowest BCUT2D eigenvalue weighted by Crippen LogP contribution is -2.56. The molecule has 0 amide bonds. The quantitative estimate of drug-likeness (QED) is 0.350. The van der Waals surface area contributed by atoms with Gasteiger partial charge >= 0.3 is 5.97 Å². The Kier molecular flexibility index (Phi) is 7.89. The molecule has 1 aliphatic rings. The highest BCUT2D eigenvalue weighted by atomic mass is 16.5. The smallest absolute Gasteiger partial charge is 0.330 e. The molecule has 0 saturated carbocycles. The van der Waals surface area contributed by atoms with Crippen LogP contribution in [-0.2, 0) is 9.53 Å². The molecular weight excluding hydrogens is 386 g/mol. The minimum absolute atomic E-state index is 0.0217. The predicted octanol–water partition coefficient (Wildman–Crippen LogP) is 1.58. The number of nitriles is 1. The Morgan fingerprint density at radius 3 is 2.63 bits per heavy atom. The van der Waals surface area contributed by atoms with Crippen LogP contribution in [0.5, 0.6) is 0 Å². The van der Waals surface area contributed by atoms with Gasteiger partial charge in [-0.25, -0.2) is 10.1 Å². The van der Waals surface area contributed by atoms with Crippen molar-refractivity contribution in [1.29, 1.82) is 5.26 Å². The molecule has 1 aromatic carbocycles. The number of nitrogens with zero attached hydrogens (tertiary/aromatic N) is 2. The van der Waals surface area contributed by atoms with Crippen LogP contribution in [0.15, 0.2) is 41.6 Å². The highest BCUT2D eigenvalue weighted by Crippen LogP contribution is 2.29. The van der Waals surface area contributed by atoms with E-state index in [4.69, 9.17) is 4.74 Å². The number of benzene rings is 1. The van der Waals surface area contributed by atoms with Crippen molar-refractivity contribution in [3.05, 3.63) is 58.3 Å². The van der Waals surface area contributed by atoms with Crippen molar-refractivity contribution in [2.75, 3.05) is 13.2 Å². The van der Waals surface area contributed by atoms with Gasteiger partial charge in [-0.2, -0.15) is 5.26 Å². The Labute approximate surface area is 176 Å². The second-order valence-electron chi connectivity index (χ2n) is 7.24. The maximum atomic E-state index is 13.5. The topological polar surface area (TPSA) is 123 Å². The predicted molar refractivity (Wildman–Crippen MR) is 110 cm³/mol. The lowest BCUT2D eigenvalue weighted by molar-refractivity contribution is -0.137. The highest BCUT2D eigenvalue weighted by molar-refractivity contribution is 6.09. The first-order valence-corrected chi connectivity index (χ1v) is 9.72. The first kappa shape index (κ1) is 23.3. The lowest BCUT2D eigenvalue weighted by Gasteiger charge is -2.40. The van der Waals surface area contributed by atoms with E-state index in [0.717, 1.165) is 5.56 Å². The third-order valence-corrected chi connectivity index (χ3v) is 4.61. The van der Waals surface area contributed by atoms with E-state index in [9.17, 15) is 25.1 Å². The molecule has 0 spiro atoms. The van der Waals surface area contributed by atoms with Crippen LogP contribution >= 0.6 is 0 Å². The summed E-state index contributed by atoms with van der Waals surface area (Å²) in [4.78, 5) is 26.4. The molecule has 2 unspecified atom stereocenters. The Morgan fingerprint density at radius 2 is 2.03 bits per heavy atom. The van der Waals surface area contributed by atoms with Crippen LogP contribution in [0, 0.1) is 24.2 Å². The van der Waals surface area contributed by atoms with Crippen molar-refractivity contribution in [1.82, 2.24) is 10.2 Å². The van der Waals surface area contributed by atoms with E-state index in [0.29, 0.717) is 11.1 Å². The number of aliphatic hydroxyl groups is 2. The second-order valence-corrected chi connectivity index (χ2v) is 7.24. The van der Waals surface area contributed by atoms with Crippen molar-refractivity contribution in [2.24, 2.45) is 5.92 Å². The molecule has 3 N–H and O–H groups in total. The van der Waals surface area contributed by atoms with Gasteiger partial charge in [-0.3, -0.25) is 4.79 Å². The van der Waals surface area contributed by atoms with Crippen molar-refractivity contribution in [3.63, 3.8) is 0 Å². The molecule has 0 radical (unpaired) electrons. The van der Waals surface area contributed by atoms with E-state index in [1.807, 2.05) is 19.9 Å². The SMILES string of the molecule is CCOC(=O)/C=C/CN1C(C(=O)c2cc(C)cc(C#N)c2)=C(C(C)C)C(O)NC1O. The Morgan fingerprint density at radius 1 is 1.33 bits per heavy atom. The molecule has 1 aromatic rings. The van der Waals surface area contributed by atoms with Crippen molar-refractivity contribution in [3.8, 4) is 6.07 Å². The first-order chi connectivity index (χ1) is 14.2. The maximum Gasteiger partial charge on any atom is 0.330 e. The Bertz CT molecular complexity index is 914. The molecule has 2 rings (SSSR count). The number of carbonyl (C=O) groups is 2. The molecule has 8 nitrogen and oxygen atoms in total. The van der Waals surface area contributed by atoms with E-state index in [2.05, 4.69) is 5.32 Å². The van der Waals surface area contributed by atoms with Crippen LogP contribution in [0.1, 0.15) is 42.3 Å². The standard InChI is InChI=1S/C22H27N3O5/c1-5-30-17(26)7-6-8-25-19(18(13(2)3)21(28)24-22(25)29)20(27)16-10-14(4)9-15(11-16)12-23/h6-7,9-11,13,21-22,24,28-29H,5,8H2,1-4H3/b7-6+. The van der Waals surface area contributed by atoms with Crippen LogP contribution in [0.3, 0.4) is 0 Å². The van der Waals surface area contributed by atoms with Crippen molar-refractivity contribution < 1.29 is 24.5 Å². The number of nitrogens with one attached hydrogen (secondary N) is 1. The molecular formula is C22H27N3O5. The molecule has 0 bridgehead atoms. The fraction of sp³-hybridized carbons (Fsp3) is 0.409. The first-order valence-electron chi connectivity index (χ1n) is 9.72. The fourth-order valence-electron chi connectivity index (χ4n) is 3.35. The number of carbonyl (C=O) groups excluding carboxylic acids is 2. The van der Waals surface area contributed by atoms with Gasteiger partial charge in [0.1, 0.15) is 6.23 Å². The van der Waals surface area contributed by atoms with E-state index >= 15 is 0 Å². The minimum Gasteiger partial charge on any atom is -0.463 e. The average Bonchev–Trinajstić information content (AvgIpc) is 2.67. The summed E-state index contributed by atoms with van der Waals surface area (Å²) in [6.07, 6.45) is 0.125. The molecule has 0 aromatic heterocycles. The van der Waals surface area contributed by atoms with Crippen LogP contribution in [-0.4, -0.2) is 52.6 Å². The third kappa shape index (κ3) is 5.33. The zero-order valence-electron chi connectivity index (χ0n) is 17.5. The van der Waals surface area contributed by atoms with Crippen molar-refractivity contribution >= 4 is 11.8 Å². The van der Waals surface area contributed by atoms with E-state index in [-0.39, 0.29) is 30.3 Å². The van der Waals surface area contributed by atoms with E-state index < -0.39 is 24.3 Å². The van der Waals surface area contributed by atoms with Gasteiger partial charge in [0.15, 0.2) is 6.35 Å². The zero-order chi connectivity index (χ0) is 22.4. The van der Waals surface area contributed by atoms with Gasteiger partial charge in [-0.05, 0) is 43.5 Å². The largest absolute Gasteiger partial charge is 0.463 e. The number of ether oxygens (including phenoxy) is 1. The Hall–Kier alpha value is -2.99. The maximum absolute atomic E-state index is 13.5. The third-order valence-electron chi connectivity index (χ3n) is 4.61. The summed E-state index contributed by atoms with van der Waals surface area (Å²) < 4.78 is 4.84. The molecule has 1 heterocycles. The molecule has 8 heteroatoms. The number of hydrogen-bond acceptors (Lipinski definition) is 8. The van der Waals surface area contributed by atoms with Crippen LogP contribution < -0.4 is 5.32 Å². The molecule has 0 aliphatic carbocycles. The minimum atomic E-state index is -1.35. The van der Waals surface area contributed by atoms with Crippen LogP contribution in [0.2, 0.25) is 0 Å². The molecule has 30 heavy (non-hydrogen) atoms. The normalized spacial score (nSPS) is 19.3. The number of rotatable bonds is 7. The highest BCUT2D eigenvalue weighted by Gasteiger charge is 2.36. The van der Waals surface area contributed by atoms with Crippen molar-refractivity contribution in [2.45, 2.75) is 40.3 Å². The van der Waals surface area contributed by atoms with Crippen LogP contribution in [0.25, 0.3) is 0 Å². The molecule has 2 atom stereocenters. The summed E-state index contributed by atoms with van der Waals surface area (Å²) >= 11 is 0. The molecule has 1 aliphatic heterocycles. The van der Waals surface area contributed by atoms with Gasteiger partial charge in [-0.1, -0.05) is 19.9 Å². The number of hydrogen-bond donors (Lipinski definition) is 3. The average molecular weight is 413 g/mol. The molecule has 0 fully saturated rings. The van der Waals surface area contributed by atoms with Crippen LogP contribution in [0.4, 0.5) is 0 Å². The second kappa shape index (κ2) is 10.2. The van der Waals surface area contributed by atoms with Gasteiger partial charge in [0.05, 0.1) is 23.9 Å². The van der Waals surface area contributed by atoms with Gasteiger partial charge in [-0.15, -0.1) is 0 Å². The van der Waals surface area contributed by atoms with Gasteiger partial charge < -0.3 is 19.8 Å². The summed E-state index contributed by atoms with van der Waals surface area (Å²) in [5, 5.41) is 32.8. The molecule has 160 valence electrons. The summed E-state index contributed by atoms with van der Waals surface area (Å²) in [5.41, 5.74) is 1.91. The number of ketones is 1. The number of aryl methyl sites for hydroxylation is 1. The van der Waals surface area contributed by atoms with E-state index in [1.54, 1.807) is 26.0 Å². The summed E-state index contributed by atoms with van der Waals surface area (Å²) in [5.74, 6) is -1.17.